The van der Waals surface area contributed by atoms with Gasteiger partial charge in [0, 0.05) is 13.7 Å². The van der Waals surface area contributed by atoms with Gasteiger partial charge >= 0.3 is 0 Å². The number of methoxy groups -OCH3 is 1. The molecule has 5 N–H and O–H groups in total. The van der Waals surface area contributed by atoms with Crippen LogP contribution >= 0.6 is 0 Å². The average Bonchev–Trinajstić information content (AvgIpc) is 2.94. The van der Waals surface area contributed by atoms with Crippen LogP contribution in [-0.2, 0) is 33.2 Å². The van der Waals surface area contributed by atoms with Crippen LogP contribution < -0.4 is 0 Å². The van der Waals surface area contributed by atoms with E-state index in [1.54, 1.807) is 41.7 Å². The fourth-order valence-electron chi connectivity index (χ4n) is 2.51. The molecular formula is C33H74O12. The quantitative estimate of drug-likeness (QED) is 0.108. The minimum absolute atomic E-state index is 0.00667. The van der Waals surface area contributed by atoms with Gasteiger partial charge in [0.25, 0.3) is 0 Å². The van der Waals surface area contributed by atoms with Gasteiger partial charge in [0.15, 0.2) is 0 Å². The highest BCUT2D eigenvalue weighted by molar-refractivity contribution is 4.61. The van der Waals surface area contributed by atoms with E-state index in [1.165, 1.54) is 0 Å². The van der Waals surface area contributed by atoms with Crippen LogP contribution in [0.25, 0.3) is 0 Å². The topological polar surface area (TPSA) is 166 Å². The van der Waals surface area contributed by atoms with E-state index >= 15 is 0 Å². The van der Waals surface area contributed by atoms with Crippen LogP contribution in [0.1, 0.15) is 95.9 Å². The van der Waals surface area contributed by atoms with Crippen molar-refractivity contribution in [1.29, 1.82) is 0 Å². The lowest BCUT2D eigenvalue weighted by atomic mass is 10.2. The average molecular weight is 663 g/mol. The van der Waals surface area contributed by atoms with Crippen molar-refractivity contribution in [2.24, 2.45) is 0 Å². The second kappa shape index (κ2) is 34.8. The van der Waals surface area contributed by atoms with Gasteiger partial charge in [-0.15, -0.1) is 0 Å². The third-order valence-corrected chi connectivity index (χ3v) is 4.89. The van der Waals surface area contributed by atoms with Crippen molar-refractivity contribution in [3.05, 3.63) is 0 Å². The highest BCUT2D eigenvalue weighted by Crippen LogP contribution is 2.08. The maximum Gasteiger partial charge on any atom is 0.0782 e. The van der Waals surface area contributed by atoms with Gasteiger partial charge in [0.05, 0.1) is 107 Å². The molecule has 0 saturated carbocycles. The molecule has 45 heavy (non-hydrogen) atoms. The molecule has 0 rings (SSSR count). The number of unbranched alkanes of at least 4 members (excludes halogenated alkanes) is 1. The zero-order valence-corrected chi connectivity index (χ0v) is 31.0. The molecule has 0 heterocycles. The second-order valence-electron chi connectivity index (χ2n) is 12.5. The molecule has 0 radical (unpaired) electrons. The predicted octanol–water partition coefficient (Wildman–Crippen LogP) is 3.36. The Balaban J connectivity index is -0.000000252. The van der Waals surface area contributed by atoms with E-state index in [0.29, 0.717) is 46.2 Å². The Bertz CT molecular complexity index is 556. The zero-order chi connectivity index (χ0) is 35.8. The predicted molar refractivity (Wildman–Crippen MR) is 179 cm³/mol. The van der Waals surface area contributed by atoms with E-state index in [2.05, 4.69) is 6.92 Å². The number of ether oxygens (including phenoxy) is 7. The van der Waals surface area contributed by atoms with E-state index in [9.17, 15) is 0 Å². The Hall–Kier alpha value is -0.480. The summed E-state index contributed by atoms with van der Waals surface area (Å²) in [5.41, 5.74) is -0.123. The molecule has 8 unspecified atom stereocenters. The molecule has 0 aliphatic heterocycles. The molecule has 0 bridgehead atoms. The molecule has 12 heteroatoms. The van der Waals surface area contributed by atoms with E-state index in [0.717, 1.165) is 19.4 Å². The SMILES string of the molecule is CC(O)COC(C)CO.CC(O)COC(C)COC(C)(C)C.CCCCOCC(C)OCC(C)O.COCC(C)OCC(C)O. The number of aliphatic hydroxyl groups excluding tert-OH is 5. The standard InChI is InChI=1S/2C10H22O3.C7H16O3.C6H14O3/c1-8(11)6-12-9(2)7-13-10(3,4)5;1-4-5-6-12-8-10(3)13-7-9(2)11;1-6(8)4-10-7(2)5-9-3;1-5(8)4-9-6(2)3-7/h8-9,11H,6-7H2,1-5H3;9-11H,4-8H2,1-3H3;6-8H,4-5H2,1-3H3;5-8H,3-4H2,1-2H3. The Morgan fingerprint density at radius 3 is 1.20 bits per heavy atom. The van der Waals surface area contributed by atoms with Gasteiger partial charge in [-0.2, -0.15) is 0 Å². The summed E-state index contributed by atoms with van der Waals surface area (Å²) in [5.74, 6) is 0. The highest BCUT2D eigenvalue weighted by atomic mass is 16.6. The minimum Gasteiger partial charge on any atom is -0.394 e. The van der Waals surface area contributed by atoms with E-state index in [1.807, 2.05) is 41.5 Å². The van der Waals surface area contributed by atoms with Crippen molar-refractivity contribution >= 4 is 0 Å². The van der Waals surface area contributed by atoms with E-state index in [-0.39, 0.29) is 42.7 Å². The first-order valence-corrected chi connectivity index (χ1v) is 16.3. The molecule has 12 nitrogen and oxygen atoms in total. The highest BCUT2D eigenvalue weighted by Gasteiger charge is 2.13. The number of aliphatic hydroxyl groups is 5. The Kier molecular flexibility index (Phi) is 39.8. The Morgan fingerprint density at radius 2 is 0.889 bits per heavy atom. The molecule has 278 valence electrons. The fourth-order valence-corrected chi connectivity index (χ4v) is 2.51. The molecule has 0 saturated heterocycles. The van der Waals surface area contributed by atoms with Gasteiger partial charge in [0.1, 0.15) is 0 Å². The Labute approximate surface area is 275 Å². The van der Waals surface area contributed by atoms with Crippen LogP contribution in [0.2, 0.25) is 0 Å². The van der Waals surface area contributed by atoms with Gasteiger partial charge < -0.3 is 58.7 Å². The van der Waals surface area contributed by atoms with Crippen LogP contribution in [0.15, 0.2) is 0 Å². The zero-order valence-electron chi connectivity index (χ0n) is 31.0. The summed E-state index contributed by atoms with van der Waals surface area (Å²) in [7, 11) is 1.63. The van der Waals surface area contributed by atoms with Crippen LogP contribution in [0.5, 0.6) is 0 Å². The van der Waals surface area contributed by atoms with Gasteiger partial charge in [-0.25, -0.2) is 0 Å². The summed E-state index contributed by atoms with van der Waals surface area (Å²) < 4.78 is 36.5. The lowest BCUT2D eigenvalue weighted by Crippen LogP contribution is -2.27. The molecule has 0 aromatic heterocycles. The smallest absolute Gasteiger partial charge is 0.0782 e. The summed E-state index contributed by atoms with van der Waals surface area (Å²) >= 11 is 0. The molecule has 0 spiro atoms. The van der Waals surface area contributed by atoms with Gasteiger partial charge in [0.2, 0.25) is 0 Å². The van der Waals surface area contributed by atoms with Crippen molar-refractivity contribution in [1.82, 2.24) is 0 Å². The van der Waals surface area contributed by atoms with Crippen LogP contribution in [0.4, 0.5) is 0 Å². The lowest BCUT2D eigenvalue weighted by Gasteiger charge is -2.22. The summed E-state index contributed by atoms with van der Waals surface area (Å²) in [5, 5.41) is 43.8. The third kappa shape index (κ3) is 56.3. The second-order valence-corrected chi connectivity index (χ2v) is 12.5. The van der Waals surface area contributed by atoms with Crippen molar-refractivity contribution in [3.63, 3.8) is 0 Å². The monoisotopic (exact) mass is 663 g/mol. The Morgan fingerprint density at radius 1 is 0.533 bits per heavy atom. The molecule has 0 aromatic rings. The summed E-state index contributed by atoms with van der Waals surface area (Å²) in [4.78, 5) is 0. The van der Waals surface area contributed by atoms with Crippen molar-refractivity contribution in [2.45, 2.75) is 150 Å². The number of hydrogen-bond donors (Lipinski definition) is 5. The first kappa shape index (κ1) is 51.4. The fraction of sp³-hybridized carbons (Fsp3) is 1.00. The first-order valence-electron chi connectivity index (χ1n) is 16.3. The van der Waals surface area contributed by atoms with E-state index in [4.69, 9.17) is 58.7 Å². The molecule has 0 aliphatic carbocycles. The summed E-state index contributed by atoms with van der Waals surface area (Å²) in [6.45, 7) is 26.5. The molecule has 0 fully saturated rings. The molecule has 0 amide bonds. The molecule has 0 aromatic carbocycles. The maximum absolute atomic E-state index is 8.96. The van der Waals surface area contributed by atoms with Gasteiger partial charge in [-0.05, 0) is 82.6 Å². The van der Waals surface area contributed by atoms with Crippen LogP contribution in [-0.4, -0.2) is 147 Å². The lowest BCUT2D eigenvalue weighted by molar-refractivity contribution is -0.0789. The van der Waals surface area contributed by atoms with Crippen LogP contribution in [0.3, 0.4) is 0 Å². The van der Waals surface area contributed by atoms with Gasteiger partial charge in [-0.1, -0.05) is 13.3 Å². The van der Waals surface area contributed by atoms with Crippen molar-refractivity contribution < 1.29 is 58.7 Å². The van der Waals surface area contributed by atoms with Gasteiger partial charge in [-0.3, -0.25) is 0 Å². The molecular weight excluding hydrogens is 588 g/mol. The van der Waals surface area contributed by atoms with Crippen molar-refractivity contribution in [3.8, 4) is 0 Å². The van der Waals surface area contributed by atoms with Crippen LogP contribution in [0, 0.1) is 0 Å². The largest absolute Gasteiger partial charge is 0.394 e. The summed E-state index contributed by atoms with van der Waals surface area (Å²) in [6, 6.07) is 0. The number of hydrogen-bond acceptors (Lipinski definition) is 12. The first-order chi connectivity index (χ1) is 20.8. The molecule has 8 atom stereocenters. The van der Waals surface area contributed by atoms with Crippen molar-refractivity contribution in [2.75, 3.05) is 66.6 Å². The minimum atomic E-state index is -0.445. The normalized spacial score (nSPS) is 16.7. The third-order valence-electron chi connectivity index (χ3n) is 4.89. The molecule has 0 aliphatic rings. The summed E-state index contributed by atoms with van der Waals surface area (Å²) in [6.07, 6.45) is 0.638. The maximum atomic E-state index is 8.96. The van der Waals surface area contributed by atoms with E-state index < -0.39 is 18.3 Å². The number of rotatable bonds is 22.